The van der Waals surface area contributed by atoms with Gasteiger partial charge in [0.25, 0.3) is 0 Å². The fourth-order valence-corrected chi connectivity index (χ4v) is 2.42. The van der Waals surface area contributed by atoms with Crippen LogP contribution in [0, 0.1) is 0 Å². The quantitative estimate of drug-likeness (QED) is 0.916. The van der Waals surface area contributed by atoms with Gasteiger partial charge in [-0.1, -0.05) is 18.2 Å². The maximum absolute atomic E-state index is 5.86. The predicted octanol–water partition coefficient (Wildman–Crippen LogP) is 2.76. The maximum atomic E-state index is 5.86. The second-order valence-electron chi connectivity index (χ2n) is 4.53. The third kappa shape index (κ3) is 2.10. The molecule has 3 rings (SSSR count). The van der Waals surface area contributed by atoms with Crippen LogP contribution < -0.4 is 15.4 Å². The Hall–Kier alpha value is -2.23. The first-order valence-electron chi connectivity index (χ1n) is 6.54. The predicted molar refractivity (Wildman–Crippen MR) is 77.0 cm³/mol. The second kappa shape index (κ2) is 4.80. The van der Waals surface area contributed by atoms with Gasteiger partial charge in [0.1, 0.15) is 5.82 Å². The van der Waals surface area contributed by atoms with Gasteiger partial charge in [-0.2, -0.15) is 4.98 Å². The molecule has 0 saturated heterocycles. The van der Waals surface area contributed by atoms with Crippen molar-refractivity contribution in [3.63, 3.8) is 0 Å². The molecule has 1 aromatic heterocycles. The number of aromatic nitrogens is 1. The molecule has 4 nitrogen and oxygen atoms in total. The zero-order chi connectivity index (χ0) is 13.2. The van der Waals surface area contributed by atoms with E-state index in [0.29, 0.717) is 18.2 Å². The van der Waals surface area contributed by atoms with Gasteiger partial charge in [0.15, 0.2) is 0 Å². The van der Waals surface area contributed by atoms with E-state index in [-0.39, 0.29) is 0 Å². The highest BCUT2D eigenvalue weighted by Gasteiger charge is 2.21. The number of para-hydroxylation sites is 1. The number of fused-ring (bicyclic) bond motifs is 1. The van der Waals surface area contributed by atoms with Crippen LogP contribution >= 0.6 is 0 Å². The van der Waals surface area contributed by atoms with E-state index < -0.39 is 0 Å². The van der Waals surface area contributed by atoms with Crippen LogP contribution in [0.3, 0.4) is 0 Å². The number of nitrogens with zero attached hydrogens (tertiary/aromatic N) is 2. The van der Waals surface area contributed by atoms with Gasteiger partial charge in [-0.3, -0.25) is 0 Å². The number of rotatable bonds is 3. The van der Waals surface area contributed by atoms with Crippen LogP contribution in [-0.4, -0.2) is 18.1 Å². The highest BCUT2D eigenvalue weighted by Crippen LogP contribution is 2.34. The molecule has 0 unspecified atom stereocenters. The average molecular weight is 255 g/mol. The number of benzene rings is 1. The molecule has 98 valence electrons. The minimum atomic E-state index is 0.518. The van der Waals surface area contributed by atoms with Crippen LogP contribution in [0.4, 0.5) is 17.2 Å². The van der Waals surface area contributed by atoms with Gasteiger partial charge in [0, 0.05) is 12.2 Å². The molecule has 0 aliphatic carbocycles. The summed E-state index contributed by atoms with van der Waals surface area (Å²) in [6, 6.07) is 12.2. The zero-order valence-corrected chi connectivity index (χ0v) is 11.0. The molecule has 2 aromatic rings. The summed E-state index contributed by atoms with van der Waals surface area (Å²) in [6.45, 7) is 3.44. The van der Waals surface area contributed by atoms with E-state index in [9.17, 15) is 0 Å². The molecular formula is C15H17N3O. The van der Waals surface area contributed by atoms with Crippen LogP contribution in [-0.2, 0) is 6.42 Å². The average Bonchev–Trinajstić information content (AvgIpc) is 2.85. The van der Waals surface area contributed by atoms with Crippen molar-refractivity contribution in [2.75, 3.05) is 23.8 Å². The van der Waals surface area contributed by atoms with E-state index >= 15 is 0 Å². The molecule has 0 radical (unpaired) electrons. The van der Waals surface area contributed by atoms with Crippen molar-refractivity contribution in [2.24, 2.45) is 0 Å². The number of nitrogens with two attached hydrogens (primary N) is 1. The molecule has 1 aliphatic rings. The monoisotopic (exact) mass is 255 g/mol. The lowest BCUT2D eigenvalue weighted by molar-refractivity contribution is 0.329. The number of ether oxygens (including phenoxy) is 1. The molecule has 2 N–H and O–H groups in total. The summed E-state index contributed by atoms with van der Waals surface area (Å²) >= 11 is 0. The van der Waals surface area contributed by atoms with Gasteiger partial charge >= 0.3 is 0 Å². The summed E-state index contributed by atoms with van der Waals surface area (Å²) in [5.74, 6) is 1.41. The van der Waals surface area contributed by atoms with E-state index in [1.165, 1.54) is 11.3 Å². The van der Waals surface area contributed by atoms with Gasteiger partial charge in [0.05, 0.1) is 12.3 Å². The first-order valence-corrected chi connectivity index (χ1v) is 6.54. The number of pyridine rings is 1. The molecule has 2 heterocycles. The summed E-state index contributed by atoms with van der Waals surface area (Å²) in [7, 11) is 0. The van der Waals surface area contributed by atoms with Crippen molar-refractivity contribution < 1.29 is 4.74 Å². The standard InChI is InChI=1S/C15H17N3O/c1-2-19-15-12(16)7-8-14(17-15)18-10-9-11-5-3-4-6-13(11)18/h3-8H,2,9-10,16H2,1H3. The fraction of sp³-hybridized carbons (Fsp3) is 0.267. The third-order valence-corrected chi connectivity index (χ3v) is 3.32. The minimum absolute atomic E-state index is 0.518. The summed E-state index contributed by atoms with van der Waals surface area (Å²) in [6.07, 6.45) is 1.05. The minimum Gasteiger partial charge on any atom is -0.476 e. The molecule has 1 aromatic carbocycles. The van der Waals surface area contributed by atoms with E-state index in [2.05, 4.69) is 34.1 Å². The topological polar surface area (TPSA) is 51.4 Å². The van der Waals surface area contributed by atoms with Gasteiger partial charge in [-0.05, 0) is 37.1 Å². The number of anilines is 3. The Kier molecular flexibility index (Phi) is 2.99. The molecule has 0 saturated carbocycles. The van der Waals surface area contributed by atoms with Crippen molar-refractivity contribution in [1.82, 2.24) is 4.98 Å². The molecule has 19 heavy (non-hydrogen) atoms. The van der Waals surface area contributed by atoms with Gasteiger partial charge < -0.3 is 15.4 Å². The number of hydrogen-bond donors (Lipinski definition) is 1. The molecule has 0 amide bonds. The van der Waals surface area contributed by atoms with Crippen LogP contribution in [0.5, 0.6) is 5.88 Å². The maximum Gasteiger partial charge on any atom is 0.239 e. The Bertz CT molecular complexity index is 598. The van der Waals surface area contributed by atoms with E-state index in [1.807, 2.05) is 19.1 Å². The van der Waals surface area contributed by atoms with Crippen molar-refractivity contribution >= 4 is 17.2 Å². The first-order chi connectivity index (χ1) is 9.29. The molecule has 1 aliphatic heterocycles. The van der Waals surface area contributed by atoms with Crippen molar-refractivity contribution in [3.8, 4) is 5.88 Å². The van der Waals surface area contributed by atoms with E-state index in [0.717, 1.165) is 18.8 Å². The van der Waals surface area contributed by atoms with Crippen molar-refractivity contribution in [2.45, 2.75) is 13.3 Å². The van der Waals surface area contributed by atoms with Gasteiger partial charge in [-0.25, -0.2) is 0 Å². The van der Waals surface area contributed by atoms with Crippen LogP contribution in [0.1, 0.15) is 12.5 Å². The zero-order valence-electron chi connectivity index (χ0n) is 11.0. The van der Waals surface area contributed by atoms with E-state index in [4.69, 9.17) is 10.5 Å². The molecule has 4 heteroatoms. The lowest BCUT2D eigenvalue weighted by Crippen LogP contribution is -2.15. The van der Waals surface area contributed by atoms with Gasteiger partial charge in [0.2, 0.25) is 5.88 Å². The molecule has 0 fully saturated rings. The van der Waals surface area contributed by atoms with Crippen LogP contribution in [0.25, 0.3) is 0 Å². The Morgan fingerprint density at radius 3 is 2.95 bits per heavy atom. The summed E-state index contributed by atoms with van der Waals surface area (Å²) in [5, 5.41) is 0. The number of hydrogen-bond acceptors (Lipinski definition) is 4. The Morgan fingerprint density at radius 1 is 1.26 bits per heavy atom. The molecular weight excluding hydrogens is 238 g/mol. The summed E-state index contributed by atoms with van der Waals surface area (Å²) in [4.78, 5) is 6.73. The highest BCUT2D eigenvalue weighted by atomic mass is 16.5. The molecule has 0 bridgehead atoms. The first kappa shape index (κ1) is 11.8. The lowest BCUT2D eigenvalue weighted by Gasteiger charge is -2.19. The lowest BCUT2D eigenvalue weighted by atomic mass is 10.2. The van der Waals surface area contributed by atoms with Crippen LogP contribution in [0.2, 0.25) is 0 Å². The highest BCUT2D eigenvalue weighted by molar-refractivity contribution is 5.69. The molecule has 0 spiro atoms. The van der Waals surface area contributed by atoms with Crippen molar-refractivity contribution in [3.05, 3.63) is 42.0 Å². The van der Waals surface area contributed by atoms with Crippen molar-refractivity contribution in [1.29, 1.82) is 0 Å². The van der Waals surface area contributed by atoms with E-state index in [1.54, 1.807) is 0 Å². The second-order valence-corrected chi connectivity index (χ2v) is 4.53. The normalized spacial score (nSPS) is 13.4. The largest absolute Gasteiger partial charge is 0.476 e. The summed E-state index contributed by atoms with van der Waals surface area (Å²) < 4.78 is 5.46. The Balaban J connectivity index is 1.98. The Morgan fingerprint density at radius 2 is 2.11 bits per heavy atom. The number of nitrogen functional groups attached to an aromatic ring is 1. The third-order valence-electron chi connectivity index (χ3n) is 3.32. The summed E-state index contributed by atoms with van der Waals surface area (Å²) in [5.41, 5.74) is 9.03. The molecule has 0 atom stereocenters. The fourth-order valence-electron chi connectivity index (χ4n) is 2.42. The Labute approximate surface area is 112 Å². The SMILES string of the molecule is CCOc1nc(N2CCc3ccccc32)ccc1N. The van der Waals surface area contributed by atoms with Crippen LogP contribution in [0.15, 0.2) is 36.4 Å². The smallest absolute Gasteiger partial charge is 0.239 e. The van der Waals surface area contributed by atoms with Gasteiger partial charge in [-0.15, -0.1) is 0 Å².